The Labute approximate surface area is 94.2 Å². The average molecular weight is 244 g/mol. The Morgan fingerprint density at radius 2 is 1.88 bits per heavy atom. The Kier molecular flexibility index (Phi) is 3.67. The van der Waals surface area contributed by atoms with Crippen molar-refractivity contribution in [2.24, 2.45) is 0 Å². The quantitative estimate of drug-likeness (QED) is 0.656. The van der Waals surface area contributed by atoms with E-state index in [1.165, 1.54) is 0 Å². The molecule has 0 fully saturated rings. The number of carbonyl (C=O) groups is 2. The maximum absolute atomic E-state index is 12.3. The minimum Gasteiger partial charge on any atom is -0.478 e. The lowest BCUT2D eigenvalue weighted by Gasteiger charge is -2.08. The highest BCUT2D eigenvalue weighted by Crippen LogP contribution is 2.30. The van der Waals surface area contributed by atoms with Crippen LogP contribution in [0.2, 0.25) is 0 Å². The van der Waals surface area contributed by atoms with Gasteiger partial charge >= 0.3 is 12.1 Å². The van der Waals surface area contributed by atoms with Gasteiger partial charge in [-0.3, -0.25) is 4.79 Å². The molecule has 1 rings (SSSR count). The van der Waals surface area contributed by atoms with Crippen molar-refractivity contribution in [2.45, 2.75) is 6.18 Å². The summed E-state index contributed by atoms with van der Waals surface area (Å²) in [5, 5.41) is 8.37. The monoisotopic (exact) mass is 244 g/mol. The van der Waals surface area contributed by atoms with E-state index in [4.69, 9.17) is 5.11 Å². The number of rotatable bonds is 3. The van der Waals surface area contributed by atoms with E-state index in [0.29, 0.717) is 6.07 Å². The second kappa shape index (κ2) is 4.82. The van der Waals surface area contributed by atoms with Crippen molar-refractivity contribution in [1.29, 1.82) is 0 Å². The molecule has 0 saturated carbocycles. The van der Waals surface area contributed by atoms with E-state index >= 15 is 0 Å². The van der Waals surface area contributed by atoms with E-state index in [-0.39, 0.29) is 17.4 Å². The highest BCUT2D eigenvalue weighted by atomic mass is 19.4. The number of halogens is 3. The molecule has 0 bridgehead atoms. The maximum Gasteiger partial charge on any atom is 0.416 e. The number of aliphatic carboxylic acids is 1. The lowest BCUT2D eigenvalue weighted by molar-refractivity contribution is -0.137. The molecular weight excluding hydrogens is 237 g/mol. The summed E-state index contributed by atoms with van der Waals surface area (Å²) in [5.41, 5.74) is -1.04. The number of alkyl halides is 3. The van der Waals surface area contributed by atoms with Crippen molar-refractivity contribution in [3.8, 4) is 0 Å². The standard InChI is InChI=1S/C11H7F3O3/c12-11(13,14)9-3-1-7(2-4-10(16)17)8(5-9)6-15/h1-6H,(H,16,17). The van der Waals surface area contributed by atoms with E-state index in [2.05, 4.69) is 0 Å². The fourth-order valence-electron chi connectivity index (χ4n) is 1.17. The van der Waals surface area contributed by atoms with Crippen LogP contribution in [0.3, 0.4) is 0 Å². The number of carboxylic acid groups (broad SMARTS) is 1. The number of aldehydes is 1. The fraction of sp³-hybridized carbons (Fsp3) is 0.0909. The minimum absolute atomic E-state index is 0.121. The molecule has 0 unspecified atom stereocenters. The molecule has 0 spiro atoms. The largest absolute Gasteiger partial charge is 0.478 e. The van der Waals surface area contributed by atoms with Gasteiger partial charge in [0.05, 0.1) is 5.56 Å². The van der Waals surface area contributed by atoms with Gasteiger partial charge < -0.3 is 5.11 Å². The lowest BCUT2D eigenvalue weighted by atomic mass is 10.0. The van der Waals surface area contributed by atoms with Crippen LogP contribution in [0.15, 0.2) is 24.3 Å². The molecule has 1 aromatic rings. The average Bonchev–Trinajstić information content (AvgIpc) is 2.24. The predicted molar refractivity (Wildman–Crippen MR) is 53.5 cm³/mol. The van der Waals surface area contributed by atoms with E-state index < -0.39 is 17.7 Å². The molecule has 1 aromatic carbocycles. The highest BCUT2D eigenvalue weighted by molar-refractivity contribution is 5.89. The Hall–Kier alpha value is -2.11. The van der Waals surface area contributed by atoms with Gasteiger partial charge in [-0.1, -0.05) is 6.07 Å². The van der Waals surface area contributed by atoms with Crippen LogP contribution < -0.4 is 0 Å². The van der Waals surface area contributed by atoms with E-state index in [1.807, 2.05) is 0 Å². The Morgan fingerprint density at radius 3 is 2.35 bits per heavy atom. The summed E-state index contributed by atoms with van der Waals surface area (Å²) in [5.74, 6) is -1.25. The van der Waals surface area contributed by atoms with Gasteiger partial charge in [0.2, 0.25) is 0 Å². The first-order valence-corrected chi connectivity index (χ1v) is 4.42. The van der Waals surface area contributed by atoms with E-state index in [9.17, 15) is 22.8 Å². The third-order valence-electron chi connectivity index (χ3n) is 1.95. The molecule has 6 heteroatoms. The zero-order chi connectivity index (χ0) is 13.1. The van der Waals surface area contributed by atoms with Gasteiger partial charge in [-0.05, 0) is 23.8 Å². The number of carbonyl (C=O) groups excluding carboxylic acids is 1. The van der Waals surface area contributed by atoms with Gasteiger partial charge in [-0.15, -0.1) is 0 Å². The first-order chi connectivity index (χ1) is 7.84. The lowest BCUT2D eigenvalue weighted by Crippen LogP contribution is -2.06. The van der Waals surface area contributed by atoms with Gasteiger partial charge in [0, 0.05) is 11.6 Å². The second-order valence-electron chi connectivity index (χ2n) is 3.13. The van der Waals surface area contributed by atoms with Gasteiger partial charge in [0.25, 0.3) is 0 Å². The molecule has 0 aliphatic rings. The maximum atomic E-state index is 12.3. The van der Waals surface area contributed by atoms with Crippen LogP contribution in [0.4, 0.5) is 13.2 Å². The topological polar surface area (TPSA) is 54.4 Å². The van der Waals surface area contributed by atoms with Crippen LogP contribution in [-0.4, -0.2) is 17.4 Å². The van der Waals surface area contributed by atoms with Crippen LogP contribution in [0.25, 0.3) is 6.08 Å². The summed E-state index contributed by atoms with van der Waals surface area (Å²) in [6.07, 6.45) is -2.48. The zero-order valence-electron chi connectivity index (χ0n) is 8.36. The molecule has 17 heavy (non-hydrogen) atoms. The van der Waals surface area contributed by atoms with Crippen molar-refractivity contribution in [3.05, 3.63) is 41.0 Å². The molecule has 3 nitrogen and oxygen atoms in total. The fourth-order valence-corrected chi connectivity index (χ4v) is 1.17. The van der Waals surface area contributed by atoms with Crippen molar-refractivity contribution < 1.29 is 27.9 Å². The van der Waals surface area contributed by atoms with Crippen LogP contribution in [-0.2, 0) is 11.0 Å². The van der Waals surface area contributed by atoms with Gasteiger partial charge in [0.1, 0.15) is 0 Å². The first-order valence-electron chi connectivity index (χ1n) is 4.42. The Morgan fingerprint density at radius 1 is 1.24 bits per heavy atom. The molecule has 0 aliphatic heterocycles. The summed E-state index contributed by atoms with van der Waals surface area (Å²) < 4.78 is 37.0. The summed E-state index contributed by atoms with van der Waals surface area (Å²) in [6, 6.07) is 2.51. The highest BCUT2D eigenvalue weighted by Gasteiger charge is 2.30. The Balaban J connectivity index is 3.19. The van der Waals surface area contributed by atoms with Gasteiger partial charge in [-0.25, -0.2) is 4.79 Å². The number of hydrogen-bond donors (Lipinski definition) is 1. The molecule has 90 valence electrons. The van der Waals surface area contributed by atoms with Crippen LogP contribution >= 0.6 is 0 Å². The molecule has 0 atom stereocenters. The molecule has 0 amide bonds. The van der Waals surface area contributed by atoms with Crippen LogP contribution in [0.5, 0.6) is 0 Å². The summed E-state index contributed by atoms with van der Waals surface area (Å²) in [7, 11) is 0. The molecule has 0 radical (unpaired) electrons. The van der Waals surface area contributed by atoms with Gasteiger partial charge in [-0.2, -0.15) is 13.2 Å². The molecular formula is C11H7F3O3. The summed E-state index contributed by atoms with van der Waals surface area (Å²) >= 11 is 0. The number of benzene rings is 1. The zero-order valence-corrected chi connectivity index (χ0v) is 8.36. The number of carboxylic acids is 1. The second-order valence-corrected chi connectivity index (χ2v) is 3.13. The van der Waals surface area contributed by atoms with Crippen molar-refractivity contribution in [1.82, 2.24) is 0 Å². The molecule has 0 heterocycles. The molecule has 0 aromatic heterocycles. The summed E-state index contributed by atoms with van der Waals surface area (Å²) in [4.78, 5) is 20.8. The molecule has 1 N–H and O–H groups in total. The first kappa shape index (κ1) is 13.0. The van der Waals surface area contributed by atoms with Crippen molar-refractivity contribution in [2.75, 3.05) is 0 Å². The van der Waals surface area contributed by atoms with E-state index in [0.717, 1.165) is 24.3 Å². The molecule has 0 saturated heterocycles. The smallest absolute Gasteiger partial charge is 0.416 e. The third kappa shape index (κ3) is 3.44. The van der Waals surface area contributed by atoms with Crippen molar-refractivity contribution in [3.63, 3.8) is 0 Å². The van der Waals surface area contributed by atoms with Crippen LogP contribution in [0.1, 0.15) is 21.5 Å². The predicted octanol–water partition coefficient (Wildman–Crippen LogP) is 2.62. The van der Waals surface area contributed by atoms with E-state index in [1.54, 1.807) is 0 Å². The van der Waals surface area contributed by atoms with Gasteiger partial charge in [0.15, 0.2) is 6.29 Å². The molecule has 0 aliphatic carbocycles. The van der Waals surface area contributed by atoms with Crippen LogP contribution in [0, 0.1) is 0 Å². The number of hydrogen-bond acceptors (Lipinski definition) is 2. The third-order valence-corrected chi connectivity index (χ3v) is 1.95. The normalized spacial score (nSPS) is 11.7. The summed E-state index contributed by atoms with van der Waals surface area (Å²) in [6.45, 7) is 0. The minimum atomic E-state index is -4.53. The Bertz CT molecular complexity index is 475. The van der Waals surface area contributed by atoms with Crippen molar-refractivity contribution >= 4 is 18.3 Å². The SMILES string of the molecule is O=Cc1cc(C(F)(F)F)ccc1C=CC(=O)O.